The molecule has 3 N–H and O–H groups in total. The van der Waals surface area contributed by atoms with Crippen molar-refractivity contribution in [2.75, 3.05) is 18.0 Å². The second-order valence-electron chi connectivity index (χ2n) is 10.8. The predicted molar refractivity (Wildman–Crippen MR) is 157 cm³/mol. The van der Waals surface area contributed by atoms with Gasteiger partial charge in [-0.15, -0.1) is 0 Å². The highest BCUT2D eigenvalue weighted by atomic mass is 19.4. The van der Waals surface area contributed by atoms with Crippen LogP contribution in [-0.2, 0) is 30.4 Å². The lowest BCUT2D eigenvalue weighted by molar-refractivity contribution is -0.137. The molecule has 0 aliphatic carbocycles. The van der Waals surface area contributed by atoms with Crippen molar-refractivity contribution in [3.63, 3.8) is 0 Å². The molecular formula is C33H38F3N3O3. The Morgan fingerprint density at radius 3 is 2.45 bits per heavy atom. The van der Waals surface area contributed by atoms with E-state index in [1.54, 1.807) is 17.0 Å². The van der Waals surface area contributed by atoms with Gasteiger partial charge in [0.1, 0.15) is 0 Å². The lowest BCUT2D eigenvalue weighted by atomic mass is 9.99. The first-order valence-electron chi connectivity index (χ1n) is 14.5. The van der Waals surface area contributed by atoms with E-state index in [-0.39, 0.29) is 24.9 Å². The predicted octanol–water partition coefficient (Wildman–Crippen LogP) is 5.67. The molecule has 0 bridgehead atoms. The third kappa shape index (κ3) is 8.66. The summed E-state index contributed by atoms with van der Waals surface area (Å²) in [4.78, 5) is 28.0. The van der Waals surface area contributed by atoms with Crippen LogP contribution in [0.1, 0.15) is 65.2 Å². The van der Waals surface area contributed by atoms with Gasteiger partial charge in [-0.25, -0.2) is 0 Å². The highest BCUT2D eigenvalue weighted by Crippen LogP contribution is 2.29. The highest BCUT2D eigenvalue weighted by molar-refractivity contribution is 5.99. The monoisotopic (exact) mass is 581 g/mol. The number of carbonyl (C=O) groups is 2. The van der Waals surface area contributed by atoms with Crippen LogP contribution in [0.5, 0.6) is 0 Å². The SMILES string of the molecule is CCCc1cc(C(=O)N[C@@H](Cc2ccccc2)[C@H](O)CNCc2cccc(C(F)(F)F)c2)cc(N2CCCCC2=O)c1. The molecule has 6 nitrogen and oxygen atoms in total. The normalized spacial score (nSPS) is 15.4. The number of aliphatic hydroxyl groups excluding tert-OH is 1. The number of alkyl halides is 3. The van der Waals surface area contributed by atoms with Crippen molar-refractivity contribution in [1.29, 1.82) is 0 Å². The quantitative estimate of drug-likeness (QED) is 0.258. The second kappa shape index (κ2) is 14.5. The van der Waals surface area contributed by atoms with E-state index in [2.05, 4.69) is 17.6 Å². The van der Waals surface area contributed by atoms with Gasteiger partial charge in [0.15, 0.2) is 0 Å². The third-order valence-corrected chi connectivity index (χ3v) is 7.43. The number of rotatable bonds is 12. The van der Waals surface area contributed by atoms with Crippen LogP contribution in [0.4, 0.5) is 18.9 Å². The van der Waals surface area contributed by atoms with Crippen LogP contribution >= 0.6 is 0 Å². The number of hydrogen-bond acceptors (Lipinski definition) is 4. The number of aliphatic hydroxyl groups is 1. The van der Waals surface area contributed by atoms with Crippen molar-refractivity contribution < 1.29 is 27.9 Å². The maximum Gasteiger partial charge on any atom is 0.416 e. The van der Waals surface area contributed by atoms with Crippen LogP contribution in [0.25, 0.3) is 0 Å². The zero-order valence-corrected chi connectivity index (χ0v) is 23.8. The van der Waals surface area contributed by atoms with Crippen LogP contribution < -0.4 is 15.5 Å². The number of carbonyl (C=O) groups excluding carboxylic acids is 2. The number of anilines is 1. The summed E-state index contributed by atoms with van der Waals surface area (Å²) in [6.07, 6.45) is -1.22. The van der Waals surface area contributed by atoms with Crippen LogP contribution in [0, 0.1) is 0 Å². The summed E-state index contributed by atoms with van der Waals surface area (Å²) < 4.78 is 39.3. The summed E-state index contributed by atoms with van der Waals surface area (Å²) in [6.45, 7) is 2.84. The Bertz CT molecular complexity index is 1350. The molecule has 0 radical (unpaired) electrons. The Kier molecular flexibility index (Phi) is 10.8. The molecule has 42 heavy (non-hydrogen) atoms. The van der Waals surface area contributed by atoms with Gasteiger partial charge in [0.25, 0.3) is 5.91 Å². The van der Waals surface area contributed by atoms with E-state index in [0.29, 0.717) is 36.2 Å². The Morgan fingerprint density at radius 1 is 0.976 bits per heavy atom. The molecule has 1 saturated heterocycles. The van der Waals surface area contributed by atoms with E-state index in [9.17, 15) is 27.9 Å². The molecule has 3 aromatic carbocycles. The number of benzene rings is 3. The minimum Gasteiger partial charge on any atom is -0.390 e. The average molecular weight is 582 g/mol. The molecule has 1 aliphatic heterocycles. The summed E-state index contributed by atoms with van der Waals surface area (Å²) in [5.41, 5.74) is 2.71. The fraction of sp³-hybridized carbons (Fsp3) is 0.394. The molecule has 2 atom stereocenters. The smallest absolute Gasteiger partial charge is 0.390 e. The van der Waals surface area contributed by atoms with Gasteiger partial charge in [-0.2, -0.15) is 13.2 Å². The zero-order chi connectivity index (χ0) is 30.1. The number of nitrogens with one attached hydrogen (secondary N) is 2. The van der Waals surface area contributed by atoms with E-state index < -0.39 is 23.9 Å². The minimum absolute atomic E-state index is 0.0467. The number of amides is 2. The van der Waals surface area contributed by atoms with Crippen molar-refractivity contribution in [2.45, 2.75) is 70.3 Å². The van der Waals surface area contributed by atoms with Gasteiger partial charge in [-0.05, 0) is 66.6 Å². The van der Waals surface area contributed by atoms with Crippen molar-refractivity contribution in [3.05, 3.63) is 101 Å². The highest BCUT2D eigenvalue weighted by Gasteiger charge is 2.30. The third-order valence-electron chi connectivity index (χ3n) is 7.43. The van der Waals surface area contributed by atoms with Gasteiger partial charge in [0, 0.05) is 37.3 Å². The molecule has 1 heterocycles. The lowest BCUT2D eigenvalue weighted by Gasteiger charge is -2.28. The summed E-state index contributed by atoms with van der Waals surface area (Å²) in [7, 11) is 0. The van der Waals surface area contributed by atoms with E-state index in [0.717, 1.165) is 48.9 Å². The fourth-order valence-electron chi connectivity index (χ4n) is 5.24. The molecule has 2 amide bonds. The second-order valence-corrected chi connectivity index (χ2v) is 10.8. The Labute approximate surface area is 244 Å². The van der Waals surface area contributed by atoms with Crippen LogP contribution in [-0.4, -0.2) is 42.2 Å². The van der Waals surface area contributed by atoms with E-state index in [4.69, 9.17) is 0 Å². The largest absolute Gasteiger partial charge is 0.416 e. The van der Waals surface area contributed by atoms with Gasteiger partial charge in [-0.3, -0.25) is 9.59 Å². The summed E-state index contributed by atoms with van der Waals surface area (Å²) >= 11 is 0. The van der Waals surface area contributed by atoms with Gasteiger partial charge in [0.05, 0.1) is 17.7 Å². The van der Waals surface area contributed by atoms with Crippen LogP contribution in [0.15, 0.2) is 72.8 Å². The molecular weight excluding hydrogens is 543 g/mol. The standard InChI is InChI=1S/C33H38F3N3O3/c1-2-9-24-16-26(20-28(18-24)39-15-7-6-14-31(39)41)32(42)38-29(19-23-10-4-3-5-11-23)30(40)22-37-21-25-12-8-13-27(17-25)33(34,35)36/h3-5,8,10-13,16-18,20,29-30,37,40H,2,6-7,9,14-15,19,21-22H2,1H3,(H,38,42)/t29-,30+/m0/s1. The molecule has 1 fully saturated rings. The van der Waals surface area contributed by atoms with Gasteiger partial charge in [-0.1, -0.05) is 61.9 Å². The molecule has 4 rings (SSSR count). The maximum atomic E-state index is 13.6. The molecule has 3 aromatic rings. The lowest BCUT2D eigenvalue weighted by Crippen LogP contribution is -2.48. The minimum atomic E-state index is -4.43. The molecule has 0 saturated carbocycles. The average Bonchev–Trinajstić information content (AvgIpc) is 2.97. The molecule has 224 valence electrons. The van der Waals surface area contributed by atoms with E-state index >= 15 is 0 Å². The van der Waals surface area contributed by atoms with E-state index in [1.165, 1.54) is 6.07 Å². The zero-order valence-electron chi connectivity index (χ0n) is 23.8. The molecule has 0 aromatic heterocycles. The fourth-order valence-corrected chi connectivity index (χ4v) is 5.24. The van der Waals surface area contributed by atoms with Crippen molar-refractivity contribution in [2.24, 2.45) is 0 Å². The number of hydrogen-bond donors (Lipinski definition) is 3. The first-order valence-corrected chi connectivity index (χ1v) is 14.5. The summed E-state index contributed by atoms with van der Waals surface area (Å²) in [6, 6.07) is 19.3. The number of halogens is 3. The Balaban J connectivity index is 1.50. The molecule has 0 unspecified atom stereocenters. The van der Waals surface area contributed by atoms with Gasteiger partial charge >= 0.3 is 6.18 Å². The first-order chi connectivity index (χ1) is 20.1. The topological polar surface area (TPSA) is 81.7 Å². The number of piperidine rings is 1. The Morgan fingerprint density at radius 2 is 1.74 bits per heavy atom. The summed E-state index contributed by atoms with van der Waals surface area (Å²) in [5, 5.41) is 17.2. The number of nitrogens with zero attached hydrogens (tertiary/aromatic N) is 1. The van der Waals surface area contributed by atoms with Crippen LogP contribution in [0.3, 0.4) is 0 Å². The van der Waals surface area contributed by atoms with Crippen LogP contribution in [0.2, 0.25) is 0 Å². The van der Waals surface area contributed by atoms with Crippen molar-refractivity contribution >= 4 is 17.5 Å². The van der Waals surface area contributed by atoms with Crippen molar-refractivity contribution in [3.8, 4) is 0 Å². The molecule has 1 aliphatic rings. The Hall–Kier alpha value is -3.69. The molecule has 9 heteroatoms. The summed E-state index contributed by atoms with van der Waals surface area (Å²) in [5.74, 6) is -0.318. The van der Waals surface area contributed by atoms with E-state index in [1.807, 2.05) is 42.5 Å². The van der Waals surface area contributed by atoms with Crippen molar-refractivity contribution in [1.82, 2.24) is 10.6 Å². The molecule has 0 spiro atoms. The van der Waals surface area contributed by atoms with Gasteiger partial charge < -0.3 is 20.6 Å². The maximum absolute atomic E-state index is 13.6. The number of aryl methyl sites for hydroxylation is 1. The van der Waals surface area contributed by atoms with Gasteiger partial charge in [0.2, 0.25) is 5.91 Å². The first kappa shape index (κ1) is 31.3.